The van der Waals surface area contributed by atoms with Gasteiger partial charge in [0.2, 0.25) is 15.9 Å². The highest BCUT2D eigenvalue weighted by atomic mass is 35.5. The molecule has 1 amide bonds. The van der Waals surface area contributed by atoms with Crippen LogP contribution in [0.5, 0.6) is 0 Å². The summed E-state index contributed by atoms with van der Waals surface area (Å²) in [5.74, 6) is 0.199. The molecule has 1 fully saturated rings. The van der Waals surface area contributed by atoms with Crippen LogP contribution in [0.2, 0.25) is 5.02 Å². The van der Waals surface area contributed by atoms with Crippen molar-refractivity contribution in [3.05, 3.63) is 65.2 Å². The number of sulfonamides is 1. The van der Waals surface area contributed by atoms with Gasteiger partial charge in [-0.2, -0.15) is 4.31 Å². The van der Waals surface area contributed by atoms with Gasteiger partial charge in [-0.05, 0) is 35.7 Å². The van der Waals surface area contributed by atoms with Crippen LogP contribution in [0.15, 0.2) is 59.5 Å². The second-order valence-corrected chi connectivity index (χ2v) is 9.13. The van der Waals surface area contributed by atoms with E-state index in [1.807, 2.05) is 37.3 Å². The summed E-state index contributed by atoms with van der Waals surface area (Å²) in [5, 5.41) is 0.497. The summed E-state index contributed by atoms with van der Waals surface area (Å²) in [6, 6.07) is 16.1. The molecule has 0 aromatic heterocycles. The fourth-order valence-corrected chi connectivity index (χ4v) is 4.77. The van der Waals surface area contributed by atoms with Crippen molar-refractivity contribution in [1.82, 2.24) is 9.21 Å². The van der Waals surface area contributed by atoms with Gasteiger partial charge in [0, 0.05) is 37.6 Å². The maximum atomic E-state index is 12.7. The first-order chi connectivity index (χ1) is 12.9. The van der Waals surface area contributed by atoms with Gasteiger partial charge in [0.1, 0.15) is 0 Å². The highest BCUT2D eigenvalue weighted by Gasteiger charge is 2.30. The Labute approximate surface area is 165 Å². The van der Waals surface area contributed by atoms with Crippen LogP contribution >= 0.6 is 11.6 Å². The number of hydrogen-bond donors (Lipinski definition) is 0. The molecule has 1 aliphatic rings. The first-order valence-electron chi connectivity index (χ1n) is 8.96. The van der Waals surface area contributed by atoms with Gasteiger partial charge in [0.25, 0.3) is 0 Å². The molecular weight excluding hydrogens is 384 g/mol. The van der Waals surface area contributed by atoms with Crippen LogP contribution < -0.4 is 0 Å². The smallest absolute Gasteiger partial charge is 0.243 e. The van der Waals surface area contributed by atoms with Crippen molar-refractivity contribution in [3.8, 4) is 0 Å². The Balaban J connectivity index is 1.58. The summed E-state index contributed by atoms with van der Waals surface area (Å²) >= 11 is 5.83. The van der Waals surface area contributed by atoms with E-state index in [0.717, 1.165) is 5.56 Å². The van der Waals surface area contributed by atoms with Gasteiger partial charge in [0.05, 0.1) is 4.90 Å². The van der Waals surface area contributed by atoms with Crippen LogP contribution in [0.1, 0.15) is 24.8 Å². The van der Waals surface area contributed by atoms with Crippen molar-refractivity contribution in [2.24, 2.45) is 0 Å². The van der Waals surface area contributed by atoms with E-state index >= 15 is 0 Å². The summed E-state index contributed by atoms with van der Waals surface area (Å²) in [6.45, 7) is 3.46. The van der Waals surface area contributed by atoms with Gasteiger partial charge in [-0.1, -0.05) is 48.9 Å². The highest BCUT2D eigenvalue weighted by Crippen LogP contribution is 2.22. The molecule has 7 heteroatoms. The van der Waals surface area contributed by atoms with Crippen molar-refractivity contribution < 1.29 is 13.2 Å². The zero-order valence-corrected chi connectivity index (χ0v) is 16.8. The first kappa shape index (κ1) is 19.9. The first-order valence-corrected chi connectivity index (χ1v) is 10.8. The molecule has 5 nitrogen and oxygen atoms in total. The maximum absolute atomic E-state index is 12.7. The molecule has 0 unspecified atom stereocenters. The molecule has 0 radical (unpaired) electrons. The van der Waals surface area contributed by atoms with Crippen LogP contribution in [-0.2, 0) is 14.8 Å². The number of rotatable bonds is 5. The van der Waals surface area contributed by atoms with E-state index in [2.05, 4.69) is 0 Å². The van der Waals surface area contributed by atoms with Gasteiger partial charge < -0.3 is 4.90 Å². The Morgan fingerprint density at radius 3 is 2.19 bits per heavy atom. The molecule has 0 N–H and O–H groups in total. The summed E-state index contributed by atoms with van der Waals surface area (Å²) < 4.78 is 26.9. The van der Waals surface area contributed by atoms with E-state index in [9.17, 15) is 13.2 Å². The Morgan fingerprint density at radius 2 is 1.59 bits per heavy atom. The molecule has 1 atom stereocenters. The van der Waals surface area contributed by atoms with Crippen LogP contribution in [-0.4, -0.2) is 49.7 Å². The number of piperazine rings is 1. The van der Waals surface area contributed by atoms with Gasteiger partial charge in [-0.3, -0.25) is 4.79 Å². The zero-order valence-electron chi connectivity index (χ0n) is 15.2. The van der Waals surface area contributed by atoms with Gasteiger partial charge in [0.15, 0.2) is 0 Å². The molecule has 0 saturated carbocycles. The number of hydrogen-bond acceptors (Lipinski definition) is 3. The van der Waals surface area contributed by atoms with Crippen molar-refractivity contribution in [3.63, 3.8) is 0 Å². The molecular formula is C20H23ClN2O3S. The van der Waals surface area contributed by atoms with Crippen LogP contribution in [0.3, 0.4) is 0 Å². The third kappa shape index (κ3) is 4.69. The third-order valence-electron chi connectivity index (χ3n) is 4.89. The highest BCUT2D eigenvalue weighted by molar-refractivity contribution is 7.89. The number of halogens is 1. The van der Waals surface area contributed by atoms with E-state index in [1.54, 1.807) is 17.0 Å². The van der Waals surface area contributed by atoms with Crippen LogP contribution in [0.4, 0.5) is 0 Å². The Hall–Kier alpha value is -1.89. The van der Waals surface area contributed by atoms with Crippen molar-refractivity contribution in [2.75, 3.05) is 26.2 Å². The Bertz CT molecular complexity index is 877. The molecule has 0 bridgehead atoms. The lowest BCUT2D eigenvalue weighted by atomic mass is 9.97. The molecule has 1 aliphatic heterocycles. The number of amides is 1. The van der Waals surface area contributed by atoms with Gasteiger partial charge in [-0.15, -0.1) is 0 Å². The lowest BCUT2D eigenvalue weighted by Gasteiger charge is -2.34. The van der Waals surface area contributed by atoms with E-state index < -0.39 is 10.0 Å². The number of benzene rings is 2. The van der Waals surface area contributed by atoms with Crippen LogP contribution in [0, 0.1) is 0 Å². The second-order valence-electron chi connectivity index (χ2n) is 6.75. The minimum atomic E-state index is -3.56. The minimum Gasteiger partial charge on any atom is -0.340 e. The number of carbonyl (C=O) groups is 1. The van der Waals surface area contributed by atoms with E-state index in [-0.39, 0.29) is 16.7 Å². The molecule has 2 aromatic carbocycles. The summed E-state index contributed by atoms with van der Waals surface area (Å²) in [7, 11) is -3.56. The van der Waals surface area contributed by atoms with E-state index in [0.29, 0.717) is 37.6 Å². The summed E-state index contributed by atoms with van der Waals surface area (Å²) in [4.78, 5) is 14.6. The normalized spacial score (nSPS) is 16.9. The SMILES string of the molecule is C[C@H](CC(=O)N1CCN(S(=O)(=O)c2ccc(Cl)cc2)CC1)c1ccccc1. The Morgan fingerprint density at radius 1 is 1.00 bits per heavy atom. The third-order valence-corrected chi connectivity index (χ3v) is 7.06. The van der Waals surface area contributed by atoms with Gasteiger partial charge in [-0.25, -0.2) is 8.42 Å². The van der Waals surface area contributed by atoms with E-state index in [1.165, 1.54) is 16.4 Å². The average molecular weight is 407 g/mol. The molecule has 2 aromatic rings. The minimum absolute atomic E-state index is 0.0647. The van der Waals surface area contributed by atoms with Crippen molar-refractivity contribution in [2.45, 2.75) is 24.2 Å². The predicted octanol–water partition coefficient (Wildman–Crippen LogP) is 3.37. The molecule has 0 spiro atoms. The lowest BCUT2D eigenvalue weighted by molar-refractivity contribution is -0.132. The monoisotopic (exact) mass is 406 g/mol. The van der Waals surface area contributed by atoms with Crippen molar-refractivity contribution >= 4 is 27.5 Å². The largest absolute Gasteiger partial charge is 0.340 e. The van der Waals surface area contributed by atoms with Crippen LogP contribution in [0.25, 0.3) is 0 Å². The second kappa shape index (κ2) is 8.42. The topological polar surface area (TPSA) is 57.7 Å². The maximum Gasteiger partial charge on any atom is 0.243 e. The van der Waals surface area contributed by atoms with Crippen molar-refractivity contribution in [1.29, 1.82) is 0 Å². The Kier molecular flexibility index (Phi) is 6.19. The predicted molar refractivity (Wildman–Crippen MR) is 106 cm³/mol. The molecule has 1 saturated heterocycles. The molecule has 3 rings (SSSR count). The molecule has 0 aliphatic carbocycles. The lowest BCUT2D eigenvalue weighted by Crippen LogP contribution is -2.50. The molecule has 1 heterocycles. The molecule has 27 heavy (non-hydrogen) atoms. The zero-order chi connectivity index (χ0) is 19.4. The quantitative estimate of drug-likeness (QED) is 0.764. The van der Waals surface area contributed by atoms with E-state index in [4.69, 9.17) is 11.6 Å². The fraction of sp³-hybridized carbons (Fsp3) is 0.350. The number of carbonyl (C=O) groups excluding carboxylic acids is 1. The summed E-state index contributed by atoms with van der Waals surface area (Å²) in [6.07, 6.45) is 0.425. The van der Waals surface area contributed by atoms with Gasteiger partial charge >= 0.3 is 0 Å². The standard InChI is InChI=1S/C20H23ClN2O3S/c1-16(17-5-3-2-4-6-17)15-20(24)22-11-13-23(14-12-22)27(25,26)19-9-7-18(21)8-10-19/h2-10,16H,11-15H2,1H3/t16-/m1/s1. The fourth-order valence-electron chi connectivity index (χ4n) is 3.22. The average Bonchev–Trinajstić information content (AvgIpc) is 2.69. The number of nitrogens with zero attached hydrogens (tertiary/aromatic N) is 2. The summed E-state index contributed by atoms with van der Waals surface area (Å²) in [5.41, 5.74) is 1.13. The molecule has 144 valence electrons.